The van der Waals surface area contributed by atoms with Crippen molar-refractivity contribution in [2.24, 2.45) is 0 Å². The van der Waals surface area contributed by atoms with Crippen LogP contribution < -0.4 is 4.74 Å². The molecule has 0 saturated carbocycles. The first-order valence-electron chi connectivity index (χ1n) is 4.63. The highest BCUT2D eigenvalue weighted by Gasteiger charge is 2.10. The molecule has 0 aliphatic heterocycles. The van der Waals surface area contributed by atoms with E-state index in [1.54, 1.807) is 7.11 Å². The predicted octanol–water partition coefficient (Wildman–Crippen LogP) is 2.36. The lowest BCUT2D eigenvalue weighted by atomic mass is 10.1. The molecular weight excluding hydrogens is 248 g/mol. The second kappa shape index (κ2) is 5.37. The first-order chi connectivity index (χ1) is 7.42. The van der Waals surface area contributed by atoms with Crippen LogP contribution in [0.1, 0.15) is 5.56 Å². The molecule has 0 N–H and O–H groups in total. The average Bonchev–Trinajstić information content (AvgIpc) is 2.15. The maximum absolute atomic E-state index is 10.9. The highest BCUT2D eigenvalue weighted by Crippen LogP contribution is 2.21. The van der Waals surface area contributed by atoms with Gasteiger partial charge in [0, 0.05) is 10.7 Å². The molecule has 0 fully saturated rings. The van der Waals surface area contributed by atoms with Gasteiger partial charge in [0.25, 0.3) is 0 Å². The van der Waals surface area contributed by atoms with E-state index in [4.69, 9.17) is 15.4 Å². The Bertz CT molecular complexity index is 480. The van der Waals surface area contributed by atoms with Gasteiger partial charge in [-0.05, 0) is 18.1 Å². The fourth-order valence-corrected chi connectivity index (χ4v) is 2.47. The number of halogens is 1. The molecule has 1 rings (SSSR count). The summed E-state index contributed by atoms with van der Waals surface area (Å²) in [6.07, 6.45) is 0.440. The molecule has 88 valence electrons. The number of methoxy groups -OCH3 is 1. The largest absolute Gasteiger partial charge is 0.496 e. The lowest BCUT2D eigenvalue weighted by Gasteiger charge is -2.08. The van der Waals surface area contributed by atoms with Gasteiger partial charge in [0.15, 0.2) is 0 Å². The van der Waals surface area contributed by atoms with Crippen LogP contribution >= 0.6 is 10.7 Å². The predicted molar refractivity (Wildman–Crippen MR) is 65.5 cm³/mol. The lowest BCUT2D eigenvalue weighted by Crippen LogP contribution is -2.03. The van der Waals surface area contributed by atoms with Crippen molar-refractivity contribution >= 4 is 19.7 Å². The topological polar surface area (TPSA) is 43.4 Å². The Morgan fingerprint density at radius 1 is 1.44 bits per heavy atom. The van der Waals surface area contributed by atoms with Gasteiger partial charge in [0.1, 0.15) is 5.75 Å². The minimum absolute atomic E-state index is 0.216. The Labute approximate surface area is 100 Å². The standard InChI is InChI=1S/C11H13ClO3S/c1-9(8-16(12,13)14)7-10-5-3-4-6-11(10)15-2/h3-6H,1,7-8H2,2H3. The fourth-order valence-electron chi connectivity index (χ4n) is 1.41. The van der Waals surface area contributed by atoms with E-state index in [-0.39, 0.29) is 5.75 Å². The molecule has 3 nitrogen and oxygen atoms in total. The third-order valence-corrected chi connectivity index (χ3v) is 3.09. The maximum atomic E-state index is 10.9. The zero-order valence-corrected chi connectivity index (χ0v) is 10.5. The summed E-state index contributed by atoms with van der Waals surface area (Å²) in [5, 5.41) is 0. The van der Waals surface area contributed by atoms with E-state index in [0.717, 1.165) is 11.3 Å². The quantitative estimate of drug-likeness (QED) is 0.603. The second-order valence-electron chi connectivity index (χ2n) is 3.42. The summed E-state index contributed by atoms with van der Waals surface area (Å²) in [4.78, 5) is 0. The van der Waals surface area contributed by atoms with Crippen molar-refractivity contribution in [3.05, 3.63) is 42.0 Å². The lowest BCUT2D eigenvalue weighted by molar-refractivity contribution is 0.410. The van der Waals surface area contributed by atoms with E-state index < -0.39 is 9.05 Å². The molecule has 0 radical (unpaired) electrons. The summed E-state index contributed by atoms with van der Waals surface area (Å²) in [5.41, 5.74) is 1.44. The highest BCUT2D eigenvalue weighted by atomic mass is 35.7. The van der Waals surface area contributed by atoms with Gasteiger partial charge >= 0.3 is 0 Å². The molecule has 0 aliphatic carbocycles. The van der Waals surface area contributed by atoms with Crippen molar-refractivity contribution < 1.29 is 13.2 Å². The highest BCUT2D eigenvalue weighted by molar-refractivity contribution is 8.13. The van der Waals surface area contributed by atoms with Gasteiger partial charge in [-0.25, -0.2) is 8.42 Å². The van der Waals surface area contributed by atoms with Gasteiger partial charge in [-0.15, -0.1) is 0 Å². The zero-order chi connectivity index (χ0) is 12.2. The van der Waals surface area contributed by atoms with E-state index in [2.05, 4.69) is 6.58 Å². The molecule has 0 spiro atoms. The normalized spacial score (nSPS) is 11.1. The van der Waals surface area contributed by atoms with Crippen LogP contribution in [-0.2, 0) is 15.5 Å². The van der Waals surface area contributed by atoms with Gasteiger partial charge in [-0.3, -0.25) is 0 Å². The zero-order valence-electron chi connectivity index (χ0n) is 8.94. The molecule has 1 aromatic carbocycles. The van der Waals surface area contributed by atoms with Crippen LogP contribution in [0.15, 0.2) is 36.4 Å². The van der Waals surface area contributed by atoms with Crippen LogP contribution in [0.4, 0.5) is 0 Å². The van der Waals surface area contributed by atoms with Crippen LogP contribution in [0.25, 0.3) is 0 Å². The molecule has 16 heavy (non-hydrogen) atoms. The van der Waals surface area contributed by atoms with E-state index in [1.165, 1.54) is 0 Å². The van der Waals surface area contributed by atoms with Gasteiger partial charge in [-0.2, -0.15) is 0 Å². The molecule has 0 amide bonds. The molecule has 0 bridgehead atoms. The Morgan fingerprint density at radius 2 is 2.06 bits per heavy atom. The summed E-state index contributed by atoms with van der Waals surface area (Å²) in [6, 6.07) is 7.40. The first kappa shape index (κ1) is 13.1. The van der Waals surface area contributed by atoms with Gasteiger partial charge in [-0.1, -0.05) is 30.4 Å². The molecule has 0 saturated heterocycles. The molecule has 0 heterocycles. The van der Waals surface area contributed by atoms with Crippen molar-refractivity contribution in [3.8, 4) is 5.75 Å². The van der Waals surface area contributed by atoms with Crippen molar-refractivity contribution in [2.75, 3.05) is 12.9 Å². The molecule has 0 unspecified atom stereocenters. The molecule has 0 aliphatic rings. The third-order valence-electron chi connectivity index (χ3n) is 2.01. The van der Waals surface area contributed by atoms with Crippen LogP contribution in [0, 0.1) is 0 Å². The Hall–Kier alpha value is -1.00. The first-order valence-corrected chi connectivity index (χ1v) is 7.11. The monoisotopic (exact) mass is 260 g/mol. The third kappa shape index (κ3) is 4.24. The molecule has 5 heteroatoms. The van der Waals surface area contributed by atoms with Crippen LogP contribution in [0.2, 0.25) is 0 Å². The van der Waals surface area contributed by atoms with E-state index in [1.807, 2.05) is 24.3 Å². The summed E-state index contributed by atoms with van der Waals surface area (Å²) >= 11 is 0. The molecule has 1 aromatic rings. The molecule has 0 aromatic heterocycles. The van der Waals surface area contributed by atoms with Crippen LogP contribution in [0.5, 0.6) is 5.75 Å². The Kier molecular flexibility index (Phi) is 4.38. The van der Waals surface area contributed by atoms with Crippen molar-refractivity contribution in [1.29, 1.82) is 0 Å². The number of rotatable bonds is 5. The number of ether oxygens (including phenoxy) is 1. The second-order valence-corrected chi connectivity index (χ2v) is 6.20. The maximum Gasteiger partial charge on any atom is 0.236 e. The fraction of sp³-hybridized carbons (Fsp3) is 0.273. The summed E-state index contributed by atoms with van der Waals surface area (Å²) < 4.78 is 26.9. The molecule has 0 atom stereocenters. The van der Waals surface area contributed by atoms with Crippen molar-refractivity contribution in [3.63, 3.8) is 0 Å². The molecular formula is C11H13ClO3S. The number of para-hydroxylation sites is 1. The van der Waals surface area contributed by atoms with E-state index in [0.29, 0.717) is 12.0 Å². The van der Waals surface area contributed by atoms with E-state index >= 15 is 0 Å². The van der Waals surface area contributed by atoms with Gasteiger partial charge < -0.3 is 4.74 Å². The van der Waals surface area contributed by atoms with E-state index in [9.17, 15) is 8.42 Å². The summed E-state index contributed by atoms with van der Waals surface area (Å²) in [7, 11) is 3.19. The number of benzene rings is 1. The minimum Gasteiger partial charge on any atom is -0.496 e. The summed E-state index contributed by atoms with van der Waals surface area (Å²) in [6.45, 7) is 3.69. The van der Waals surface area contributed by atoms with Crippen molar-refractivity contribution in [1.82, 2.24) is 0 Å². The Morgan fingerprint density at radius 3 is 2.62 bits per heavy atom. The number of hydrogen-bond acceptors (Lipinski definition) is 3. The van der Waals surface area contributed by atoms with Crippen LogP contribution in [-0.4, -0.2) is 21.3 Å². The van der Waals surface area contributed by atoms with Gasteiger partial charge in [0.05, 0.1) is 12.9 Å². The number of hydrogen-bond donors (Lipinski definition) is 0. The Balaban J connectivity index is 2.77. The van der Waals surface area contributed by atoms with Crippen LogP contribution in [0.3, 0.4) is 0 Å². The van der Waals surface area contributed by atoms with Crippen molar-refractivity contribution in [2.45, 2.75) is 6.42 Å². The van der Waals surface area contributed by atoms with Gasteiger partial charge in [0.2, 0.25) is 9.05 Å². The minimum atomic E-state index is -3.53. The average molecular weight is 261 g/mol. The smallest absolute Gasteiger partial charge is 0.236 e. The summed E-state index contributed by atoms with van der Waals surface area (Å²) in [5.74, 6) is 0.502. The SMILES string of the molecule is C=C(Cc1ccccc1OC)CS(=O)(=O)Cl.